The van der Waals surface area contributed by atoms with Crippen LogP contribution in [0.25, 0.3) is 5.69 Å². The molecule has 1 aliphatic rings. The summed E-state index contributed by atoms with van der Waals surface area (Å²) in [6.45, 7) is 4.80. The Bertz CT molecular complexity index is 930. The van der Waals surface area contributed by atoms with Gasteiger partial charge in [-0.2, -0.15) is 9.40 Å². The Balaban J connectivity index is 1.84. The number of sulfonamides is 1. The summed E-state index contributed by atoms with van der Waals surface area (Å²) >= 11 is 0. The summed E-state index contributed by atoms with van der Waals surface area (Å²) in [5.41, 5.74) is 2.43. The zero-order valence-electron chi connectivity index (χ0n) is 14.9. The van der Waals surface area contributed by atoms with E-state index in [-0.39, 0.29) is 24.8 Å². The van der Waals surface area contributed by atoms with Crippen LogP contribution in [0.15, 0.2) is 24.3 Å². The summed E-state index contributed by atoms with van der Waals surface area (Å²) in [6, 6.07) is 5.90. The summed E-state index contributed by atoms with van der Waals surface area (Å²) in [5.74, 6) is -0.503. The first-order valence-electron chi connectivity index (χ1n) is 8.25. The van der Waals surface area contributed by atoms with Crippen LogP contribution in [0.4, 0.5) is 4.39 Å². The Hall–Kier alpha value is -2.26. The molecule has 26 heavy (non-hydrogen) atoms. The van der Waals surface area contributed by atoms with Gasteiger partial charge in [-0.3, -0.25) is 4.79 Å². The van der Waals surface area contributed by atoms with Crippen LogP contribution in [-0.2, 0) is 10.0 Å². The Morgan fingerprint density at radius 2 is 1.65 bits per heavy atom. The van der Waals surface area contributed by atoms with Crippen molar-refractivity contribution >= 4 is 15.9 Å². The second-order valence-electron chi connectivity index (χ2n) is 6.39. The minimum absolute atomic E-state index is 0.165. The van der Waals surface area contributed by atoms with Gasteiger partial charge in [-0.25, -0.2) is 17.5 Å². The lowest BCUT2D eigenvalue weighted by Gasteiger charge is -2.33. The number of nitrogens with zero attached hydrogens (tertiary/aromatic N) is 4. The predicted molar refractivity (Wildman–Crippen MR) is 95.3 cm³/mol. The van der Waals surface area contributed by atoms with Crippen LogP contribution in [0.5, 0.6) is 0 Å². The van der Waals surface area contributed by atoms with E-state index < -0.39 is 10.0 Å². The minimum Gasteiger partial charge on any atom is -0.336 e. The van der Waals surface area contributed by atoms with Crippen molar-refractivity contribution in [1.82, 2.24) is 19.0 Å². The molecular weight excluding hydrogens is 359 g/mol. The van der Waals surface area contributed by atoms with E-state index in [1.165, 1.54) is 22.7 Å². The lowest BCUT2D eigenvalue weighted by molar-refractivity contribution is 0.0696. The molecule has 2 heterocycles. The second-order valence-corrected chi connectivity index (χ2v) is 8.37. The van der Waals surface area contributed by atoms with Crippen molar-refractivity contribution in [3.8, 4) is 5.69 Å². The molecule has 9 heteroatoms. The van der Waals surface area contributed by atoms with Crippen molar-refractivity contribution in [2.45, 2.75) is 13.8 Å². The summed E-state index contributed by atoms with van der Waals surface area (Å²) in [5, 5.41) is 4.42. The zero-order chi connectivity index (χ0) is 19.1. The second kappa shape index (κ2) is 6.81. The first kappa shape index (κ1) is 18.5. The van der Waals surface area contributed by atoms with E-state index in [1.54, 1.807) is 35.6 Å². The molecule has 140 valence electrons. The van der Waals surface area contributed by atoms with Gasteiger partial charge in [0.25, 0.3) is 5.91 Å². The summed E-state index contributed by atoms with van der Waals surface area (Å²) in [6.07, 6.45) is 1.17. The van der Waals surface area contributed by atoms with Crippen LogP contribution < -0.4 is 0 Å². The lowest BCUT2D eigenvalue weighted by atomic mass is 10.1. The Kier molecular flexibility index (Phi) is 4.85. The van der Waals surface area contributed by atoms with Crippen LogP contribution in [0.1, 0.15) is 21.7 Å². The molecule has 7 nitrogen and oxygen atoms in total. The maximum absolute atomic E-state index is 13.1. The Labute approximate surface area is 152 Å². The maximum atomic E-state index is 13.1. The molecule has 0 saturated carbocycles. The molecule has 2 aromatic rings. The quantitative estimate of drug-likeness (QED) is 0.805. The van der Waals surface area contributed by atoms with Gasteiger partial charge in [0, 0.05) is 26.2 Å². The van der Waals surface area contributed by atoms with Crippen LogP contribution >= 0.6 is 0 Å². The van der Waals surface area contributed by atoms with E-state index in [4.69, 9.17) is 0 Å². The van der Waals surface area contributed by atoms with Crippen LogP contribution in [0, 0.1) is 19.7 Å². The van der Waals surface area contributed by atoms with Crippen LogP contribution in [0.3, 0.4) is 0 Å². The molecule has 0 bridgehead atoms. The molecule has 1 aromatic heterocycles. The minimum atomic E-state index is -3.24. The molecule has 3 rings (SSSR count). The number of amides is 1. The van der Waals surface area contributed by atoms with Crippen molar-refractivity contribution in [1.29, 1.82) is 0 Å². The fourth-order valence-corrected chi connectivity index (χ4v) is 3.99. The third kappa shape index (κ3) is 3.49. The number of rotatable bonds is 3. The molecule has 1 aromatic carbocycles. The van der Waals surface area contributed by atoms with Crippen LogP contribution in [0.2, 0.25) is 0 Å². The number of piperazine rings is 1. The average molecular weight is 380 g/mol. The smallest absolute Gasteiger partial charge is 0.257 e. The number of benzene rings is 1. The number of halogens is 1. The number of aromatic nitrogens is 2. The van der Waals surface area contributed by atoms with Gasteiger partial charge >= 0.3 is 0 Å². The first-order valence-corrected chi connectivity index (χ1v) is 10.1. The molecule has 1 saturated heterocycles. The van der Waals surface area contributed by atoms with Crippen molar-refractivity contribution in [3.63, 3.8) is 0 Å². The van der Waals surface area contributed by atoms with Gasteiger partial charge in [0.2, 0.25) is 10.0 Å². The Morgan fingerprint density at radius 1 is 1.08 bits per heavy atom. The maximum Gasteiger partial charge on any atom is 0.257 e. The van der Waals surface area contributed by atoms with Crippen molar-refractivity contribution < 1.29 is 17.6 Å². The summed E-state index contributed by atoms with van der Waals surface area (Å²) in [4.78, 5) is 14.6. The van der Waals surface area contributed by atoms with E-state index in [9.17, 15) is 17.6 Å². The largest absolute Gasteiger partial charge is 0.336 e. The van der Waals surface area contributed by atoms with Crippen molar-refractivity contribution in [2.75, 3.05) is 32.4 Å². The molecular formula is C17H21FN4O3S. The number of carbonyl (C=O) groups is 1. The van der Waals surface area contributed by atoms with E-state index >= 15 is 0 Å². The third-order valence-electron chi connectivity index (χ3n) is 4.57. The average Bonchev–Trinajstić information content (AvgIpc) is 2.89. The fraction of sp³-hybridized carbons (Fsp3) is 0.412. The van der Waals surface area contributed by atoms with Gasteiger partial charge in [0.05, 0.1) is 28.9 Å². The molecule has 0 atom stereocenters. The van der Waals surface area contributed by atoms with Gasteiger partial charge < -0.3 is 4.90 Å². The van der Waals surface area contributed by atoms with Gasteiger partial charge in [0.1, 0.15) is 5.82 Å². The van der Waals surface area contributed by atoms with Crippen LogP contribution in [-0.4, -0.2) is 65.7 Å². The van der Waals surface area contributed by atoms with E-state index in [1.807, 2.05) is 0 Å². The lowest BCUT2D eigenvalue weighted by Crippen LogP contribution is -2.50. The topological polar surface area (TPSA) is 75.5 Å². The third-order valence-corrected chi connectivity index (χ3v) is 5.87. The van der Waals surface area contributed by atoms with E-state index in [0.29, 0.717) is 35.7 Å². The highest BCUT2D eigenvalue weighted by atomic mass is 32.2. The number of hydrogen-bond donors (Lipinski definition) is 0. The molecule has 0 aliphatic carbocycles. The standard InChI is InChI=1S/C17H21FN4O3S/c1-12-16(13(2)22(19-12)15-6-4-14(18)5-7-15)17(23)20-8-10-21(11-9-20)26(3,24)25/h4-7H,8-11H2,1-3H3. The SMILES string of the molecule is Cc1nn(-c2ccc(F)cc2)c(C)c1C(=O)N1CCN(S(C)(=O)=O)CC1. The van der Waals surface area contributed by atoms with Crippen molar-refractivity contribution in [2.24, 2.45) is 0 Å². The molecule has 0 unspecified atom stereocenters. The summed E-state index contributed by atoms with van der Waals surface area (Å²) < 4.78 is 39.3. The van der Waals surface area contributed by atoms with E-state index in [2.05, 4.69) is 5.10 Å². The molecule has 1 aliphatic heterocycles. The zero-order valence-corrected chi connectivity index (χ0v) is 15.8. The predicted octanol–water partition coefficient (Wildman–Crippen LogP) is 1.35. The van der Waals surface area contributed by atoms with Gasteiger partial charge in [-0.15, -0.1) is 0 Å². The molecule has 0 spiro atoms. The number of hydrogen-bond acceptors (Lipinski definition) is 4. The number of carbonyl (C=O) groups excluding carboxylic acids is 1. The van der Waals surface area contributed by atoms with Gasteiger partial charge in [0.15, 0.2) is 0 Å². The van der Waals surface area contributed by atoms with Gasteiger partial charge in [-0.05, 0) is 38.1 Å². The molecule has 1 fully saturated rings. The molecule has 1 amide bonds. The monoisotopic (exact) mass is 380 g/mol. The number of aryl methyl sites for hydroxylation is 1. The van der Waals surface area contributed by atoms with E-state index in [0.717, 1.165) is 0 Å². The highest BCUT2D eigenvalue weighted by molar-refractivity contribution is 7.88. The molecule has 0 radical (unpaired) electrons. The highest BCUT2D eigenvalue weighted by Crippen LogP contribution is 2.21. The first-order chi connectivity index (χ1) is 12.2. The fourth-order valence-electron chi connectivity index (χ4n) is 3.17. The Morgan fingerprint density at radius 3 is 2.19 bits per heavy atom. The van der Waals surface area contributed by atoms with Gasteiger partial charge in [-0.1, -0.05) is 0 Å². The molecule has 0 N–H and O–H groups in total. The van der Waals surface area contributed by atoms with Crippen molar-refractivity contribution in [3.05, 3.63) is 47.0 Å². The summed E-state index contributed by atoms with van der Waals surface area (Å²) in [7, 11) is -3.24. The highest BCUT2D eigenvalue weighted by Gasteiger charge is 2.29. The normalized spacial score (nSPS) is 16.1.